The number of rotatable bonds is 4. The van der Waals surface area contributed by atoms with Crippen LogP contribution in [0.5, 0.6) is 0 Å². The van der Waals surface area contributed by atoms with Crippen LogP contribution < -0.4 is 5.73 Å². The molecule has 0 unspecified atom stereocenters. The van der Waals surface area contributed by atoms with Gasteiger partial charge in [-0.3, -0.25) is 4.98 Å². The van der Waals surface area contributed by atoms with Gasteiger partial charge in [-0.1, -0.05) is 0 Å². The van der Waals surface area contributed by atoms with Crippen molar-refractivity contribution in [1.29, 1.82) is 0 Å². The van der Waals surface area contributed by atoms with Gasteiger partial charge in [-0.25, -0.2) is 0 Å². The molecule has 2 N–H and O–H groups in total. The van der Waals surface area contributed by atoms with Crippen LogP contribution in [0.15, 0.2) is 24.5 Å². The number of nitrogens with zero attached hydrogens (tertiary/aromatic N) is 1. The molecule has 0 fully saturated rings. The SMILES string of the molecule is Cl.Cl.NCCCCc1ccncc1. The Labute approximate surface area is 91.8 Å². The minimum atomic E-state index is 0. The van der Waals surface area contributed by atoms with Crippen molar-refractivity contribution in [3.63, 3.8) is 0 Å². The Morgan fingerprint density at radius 1 is 1.08 bits per heavy atom. The van der Waals surface area contributed by atoms with Crippen LogP contribution in [0.25, 0.3) is 0 Å². The Balaban J connectivity index is 0. The molecule has 0 radical (unpaired) electrons. The molecule has 0 aliphatic heterocycles. The number of pyridine rings is 1. The lowest BCUT2D eigenvalue weighted by Gasteiger charge is -1.97. The van der Waals surface area contributed by atoms with E-state index in [0.29, 0.717) is 0 Å². The zero-order valence-electron chi connectivity index (χ0n) is 7.48. The second-order valence-electron chi connectivity index (χ2n) is 2.60. The molecule has 0 bridgehead atoms. The summed E-state index contributed by atoms with van der Waals surface area (Å²) in [4.78, 5) is 3.95. The summed E-state index contributed by atoms with van der Waals surface area (Å²) < 4.78 is 0. The van der Waals surface area contributed by atoms with E-state index in [0.717, 1.165) is 19.4 Å². The van der Waals surface area contributed by atoms with Crippen molar-refractivity contribution in [3.8, 4) is 0 Å². The van der Waals surface area contributed by atoms with E-state index in [2.05, 4.69) is 17.1 Å². The summed E-state index contributed by atoms with van der Waals surface area (Å²) in [5.74, 6) is 0. The summed E-state index contributed by atoms with van der Waals surface area (Å²) in [5, 5.41) is 0. The van der Waals surface area contributed by atoms with E-state index in [4.69, 9.17) is 5.73 Å². The molecule has 76 valence electrons. The normalized spacial score (nSPS) is 8.38. The first kappa shape index (κ1) is 15.2. The van der Waals surface area contributed by atoms with Gasteiger partial charge in [0.15, 0.2) is 0 Å². The third kappa shape index (κ3) is 6.82. The summed E-state index contributed by atoms with van der Waals surface area (Å²) in [6, 6.07) is 4.10. The molecule has 0 atom stereocenters. The van der Waals surface area contributed by atoms with E-state index in [-0.39, 0.29) is 24.8 Å². The molecule has 2 nitrogen and oxygen atoms in total. The van der Waals surface area contributed by atoms with Gasteiger partial charge in [-0.15, -0.1) is 24.8 Å². The molecule has 0 aliphatic carbocycles. The summed E-state index contributed by atoms with van der Waals surface area (Å²) in [6.07, 6.45) is 7.08. The van der Waals surface area contributed by atoms with Gasteiger partial charge >= 0.3 is 0 Å². The van der Waals surface area contributed by atoms with Crippen LogP contribution in [0, 0.1) is 0 Å². The smallest absolute Gasteiger partial charge is 0.0270 e. The lowest BCUT2D eigenvalue weighted by atomic mass is 10.1. The first-order valence-electron chi connectivity index (χ1n) is 4.02. The van der Waals surface area contributed by atoms with Crippen molar-refractivity contribution >= 4 is 24.8 Å². The largest absolute Gasteiger partial charge is 0.330 e. The Hall–Kier alpha value is -0.310. The van der Waals surface area contributed by atoms with E-state index < -0.39 is 0 Å². The molecule has 1 aromatic rings. The number of hydrogen-bond donors (Lipinski definition) is 1. The zero-order chi connectivity index (χ0) is 7.94. The molecular formula is C9H16Cl2N2. The molecule has 1 aromatic heterocycles. The van der Waals surface area contributed by atoms with Gasteiger partial charge in [0.1, 0.15) is 0 Å². The zero-order valence-corrected chi connectivity index (χ0v) is 9.11. The highest BCUT2D eigenvalue weighted by Crippen LogP contribution is 2.01. The van der Waals surface area contributed by atoms with Gasteiger partial charge < -0.3 is 5.73 Å². The number of halogens is 2. The average molecular weight is 223 g/mol. The van der Waals surface area contributed by atoms with E-state index in [1.165, 1.54) is 12.0 Å². The van der Waals surface area contributed by atoms with Gasteiger partial charge in [-0.2, -0.15) is 0 Å². The number of aryl methyl sites for hydroxylation is 1. The molecule has 0 aromatic carbocycles. The molecule has 4 heteroatoms. The van der Waals surface area contributed by atoms with Crippen molar-refractivity contribution in [2.75, 3.05) is 6.54 Å². The first-order chi connectivity index (χ1) is 5.43. The molecule has 0 spiro atoms. The van der Waals surface area contributed by atoms with Crippen molar-refractivity contribution in [1.82, 2.24) is 4.98 Å². The van der Waals surface area contributed by atoms with Gasteiger partial charge in [0.2, 0.25) is 0 Å². The van der Waals surface area contributed by atoms with E-state index in [1.54, 1.807) is 0 Å². The van der Waals surface area contributed by atoms with Crippen LogP contribution in [-0.4, -0.2) is 11.5 Å². The van der Waals surface area contributed by atoms with Gasteiger partial charge in [0.25, 0.3) is 0 Å². The quantitative estimate of drug-likeness (QED) is 0.795. The highest BCUT2D eigenvalue weighted by atomic mass is 35.5. The van der Waals surface area contributed by atoms with E-state index >= 15 is 0 Å². The monoisotopic (exact) mass is 222 g/mol. The number of aromatic nitrogens is 1. The standard InChI is InChI=1S/C9H14N2.2ClH/c10-6-2-1-3-9-4-7-11-8-5-9;;/h4-5,7-8H,1-3,6,10H2;2*1H. The van der Waals surface area contributed by atoms with Crippen LogP contribution in [0.2, 0.25) is 0 Å². The van der Waals surface area contributed by atoms with Gasteiger partial charge in [-0.05, 0) is 43.5 Å². The maximum absolute atomic E-state index is 5.38. The molecule has 0 aliphatic rings. The average Bonchev–Trinajstić information content (AvgIpc) is 2.07. The topological polar surface area (TPSA) is 38.9 Å². The van der Waals surface area contributed by atoms with Gasteiger partial charge in [0.05, 0.1) is 0 Å². The number of unbranched alkanes of at least 4 members (excludes halogenated alkanes) is 1. The van der Waals surface area contributed by atoms with E-state index in [1.807, 2.05) is 12.4 Å². The minimum absolute atomic E-state index is 0. The summed E-state index contributed by atoms with van der Waals surface area (Å²) in [6.45, 7) is 0.797. The summed E-state index contributed by atoms with van der Waals surface area (Å²) in [7, 11) is 0. The molecule has 0 saturated heterocycles. The van der Waals surface area contributed by atoms with Crippen LogP contribution in [0.3, 0.4) is 0 Å². The van der Waals surface area contributed by atoms with Crippen LogP contribution in [-0.2, 0) is 6.42 Å². The minimum Gasteiger partial charge on any atom is -0.330 e. The Morgan fingerprint density at radius 3 is 2.23 bits per heavy atom. The molecule has 0 saturated carbocycles. The fourth-order valence-electron chi connectivity index (χ4n) is 1.02. The molecule has 13 heavy (non-hydrogen) atoms. The maximum Gasteiger partial charge on any atom is 0.0270 e. The van der Waals surface area contributed by atoms with E-state index in [9.17, 15) is 0 Å². The third-order valence-corrected chi connectivity index (χ3v) is 1.67. The predicted molar refractivity (Wildman–Crippen MR) is 60.7 cm³/mol. The lowest BCUT2D eigenvalue weighted by molar-refractivity contribution is 0.744. The van der Waals surface area contributed by atoms with Crippen molar-refractivity contribution in [3.05, 3.63) is 30.1 Å². The Kier molecular flexibility index (Phi) is 11.4. The Bertz CT molecular complexity index is 192. The molecule has 1 heterocycles. The lowest BCUT2D eigenvalue weighted by Crippen LogP contribution is -1.98. The second kappa shape index (κ2) is 9.78. The number of nitrogens with two attached hydrogens (primary N) is 1. The molecule has 1 rings (SSSR count). The predicted octanol–water partition coefficient (Wildman–Crippen LogP) is 2.21. The highest BCUT2D eigenvalue weighted by Gasteiger charge is 1.89. The first-order valence-corrected chi connectivity index (χ1v) is 4.02. The number of hydrogen-bond acceptors (Lipinski definition) is 2. The summed E-state index contributed by atoms with van der Waals surface area (Å²) in [5.41, 5.74) is 6.74. The van der Waals surface area contributed by atoms with Crippen LogP contribution in [0.4, 0.5) is 0 Å². The molecular weight excluding hydrogens is 207 g/mol. The fourth-order valence-corrected chi connectivity index (χ4v) is 1.02. The summed E-state index contributed by atoms with van der Waals surface area (Å²) >= 11 is 0. The molecule has 0 amide bonds. The third-order valence-electron chi connectivity index (χ3n) is 1.67. The van der Waals surface area contributed by atoms with Crippen LogP contribution >= 0.6 is 24.8 Å². The fraction of sp³-hybridized carbons (Fsp3) is 0.444. The highest BCUT2D eigenvalue weighted by molar-refractivity contribution is 5.85. The maximum atomic E-state index is 5.38. The van der Waals surface area contributed by atoms with Crippen molar-refractivity contribution < 1.29 is 0 Å². The van der Waals surface area contributed by atoms with Gasteiger partial charge in [0, 0.05) is 12.4 Å². The van der Waals surface area contributed by atoms with Crippen molar-refractivity contribution in [2.45, 2.75) is 19.3 Å². The second-order valence-corrected chi connectivity index (χ2v) is 2.60. The van der Waals surface area contributed by atoms with Crippen molar-refractivity contribution in [2.24, 2.45) is 5.73 Å². The van der Waals surface area contributed by atoms with Crippen LogP contribution in [0.1, 0.15) is 18.4 Å². The Morgan fingerprint density at radius 2 is 1.69 bits per heavy atom.